The lowest BCUT2D eigenvalue weighted by Gasteiger charge is -2.22. The van der Waals surface area contributed by atoms with Gasteiger partial charge in [0.15, 0.2) is 5.16 Å². The molecule has 0 spiro atoms. The van der Waals surface area contributed by atoms with Gasteiger partial charge in [0.1, 0.15) is 0 Å². The van der Waals surface area contributed by atoms with Gasteiger partial charge in [-0.15, -0.1) is 6.58 Å². The van der Waals surface area contributed by atoms with E-state index in [1.54, 1.807) is 36.2 Å². The lowest BCUT2D eigenvalue weighted by atomic mass is 10.2. The van der Waals surface area contributed by atoms with Gasteiger partial charge in [0.25, 0.3) is 5.56 Å². The number of carbonyl (C=O) groups excluding carboxylic acids is 1. The van der Waals surface area contributed by atoms with Crippen LogP contribution in [-0.2, 0) is 11.3 Å². The molecule has 0 aliphatic rings. The van der Waals surface area contributed by atoms with E-state index in [2.05, 4.69) is 11.6 Å². The Morgan fingerprint density at radius 2 is 2.04 bits per heavy atom. The molecule has 0 fully saturated rings. The predicted molar refractivity (Wildman–Crippen MR) is 116 cm³/mol. The third-order valence-electron chi connectivity index (χ3n) is 4.30. The van der Waals surface area contributed by atoms with Crippen LogP contribution in [-0.4, -0.2) is 27.8 Å². The number of fused-ring (bicyclic) bond motifs is 1. The molecule has 3 aromatic rings. The Hall–Kier alpha value is -2.57. The second-order valence-electron chi connectivity index (χ2n) is 6.25. The number of carbonyl (C=O) groups is 1. The predicted octanol–water partition coefficient (Wildman–Crippen LogP) is 4.38. The molecule has 1 aromatic heterocycles. The van der Waals surface area contributed by atoms with Crippen molar-refractivity contribution in [3.63, 3.8) is 0 Å². The van der Waals surface area contributed by atoms with Crippen LogP contribution >= 0.6 is 23.4 Å². The number of anilines is 1. The van der Waals surface area contributed by atoms with Gasteiger partial charge in [-0.05, 0) is 37.3 Å². The van der Waals surface area contributed by atoms with Crippen LogP contribution in [0.1, 0.15) is 6.92 Å². The average Bonchev–Trinajstić information content (AvgIpc) is 2.71. The monoisotopic (exact) mass is 413 g/mol. The lowest BCUT2D eigenvalue weighted by molar-refractivity contribution is -0.117. The SMILES string of the molecule is C=CCn1c(SC(C)C(=O)N(C)c2ccccc2)nc2ccc(Cl)cc2c1=O. The molecule has 7 heteroatoms. The van der Waals surface area contributed by atoms with Crippen LogP contribution in [0.2, 0.25) is 5.02 Å². The number of nitrogens with zero attached hydrogens (tertiary/aromatic N) is 3. The Morgan fingerprint density at radius 1 is 1.32 bits per heavy atom. The highest BCUT2D eigenvalue weighted by Crippen LogP contribution is 2.26. The van der Waals surface area contributed by atoms with E-state index in [-0.39, 0.29) is 11.5 Å². The molecule has 5 nitrogen and oxygen atoms in total. The summed E-state index contributed by atoms with van der Waals surface area (Å²) in [7, 11) is 1.74. The zero-order valence-corrected chi connectivity index (χ0v) is 17.2. The second-order valence-corrected chi connectivity index (χ2v) is 8.00. The molecule has 1 atom stereocenters. The first-order valence-corrected chi connectivity index (χ1v) is 9.98. The highest BCUT2D eigenvalue weighted by molar-refractivity contribution is 8.00. The Morgan fingerprint density at radius 3 is 2.71 bits per heavy atom. The zero-order valence-electron chi connectivity index (χ0n) is 15.6. The molecule has 144 valence electrons. The van der Waals surface area contributed by atoms with Gasteiger partial charge < -0.3 is 4.90 Å². The van der Waals surface area contributed by atoms with Crippen LogP contribution < -0.4 is 10.5 Å². The molecule has 0 saturated heterocycles. The standard InChI is InChI=1S/C21H20ClN3O2S/c1-4-12-25-20(27)17-13-15(22)10-11-18(17)23-21(25)28-14(2)19(26)24(3)16-8-6-5-7-9-16/h4-11,13-14H,1,12H2,2-3H3. The molecule has 0 N–H and O–H groups in total. The third kappa shape index (κ3) is 4.13. The maximum atomic E-state index is 12.9. The Balaban J connectivity index is 1.95. The number of para-hydroxylation sites is 1. The van der Waals surface area contributed by atoms with Gasteiger partial charge in [-0.3, -0.25) is 14.2 Å². The number of halogens is 1. The van der Waals surface area contributed by atoms with Crippen molar-refractivity contribution in [1.82, 2.24) is 9.55 Å². The van der Waals surface area contributed by atoms with Crippen molar-refractivity contribution in [1.29, 1.82) is 0 Å². The molecule has 0 radical (unpaired) electrons. The number of amides is 1. The number of aromatic nitrogens is 2. The Bertz CT molecular complexity index is 1080. The zero-order chi connectivity index (χ0) is 20.3. The number of hydrogen-bond acceptors (Lipinski definition) is 4. The highest BCUT2D eigenvalue weighted by atomic mass is 35.5. The molecule has 1 amide bonds. The van der Waals surface area contributed by atoms with E-state index < -0.39 is 5.25 Å². The minimum absolute atomic E-state index is 0.0770. The normalized spacial score (nSPS) is 12.0. The molecular weight excluding hydrogens is 394 g/mol. The summed E-state index contributed by atoms with van der Waals surface area (Å²) in [6.45, 7) is 5.83. The number of hydrogen-bond donors (Lipinski definition) is 0. The van der Waals surface area contributed by atoms with E-state index >= 15 is 0 Å². The largest absolute Gasteiger partial charge is 0.315 e. The number of rotatable bonds is 6. The lowest BCUT2D eigenvalue weighted by Crippen LogP contribution is -2.34. The number of thioether (sulfide) groups is 1. The fourth-order valence-electron chi connectivity index (χ4n) is 2.81. The van der Waals surface area contributed by atoms with Crippen LogP contribution in [0.5, 0.6) is 0 Å². The molecule has 0 aliphatic heterocycles. The van der Waals surface area contributed by atoms with Gasteiger partial charge in [-0.25, -0.2) is 4.98 Å². The number of benzene rings is 2. The maximum Gasteiger partial charge on any atom is 0.262 e. The average molecular weight is 414 g/mol. The summed E-state index contributed by atoms with van der Waals surface area (Å²) < 4.78 is 1.52. The fraction of sp³-hybridized carbons (Fsp3) is 0.190. The second kappa shape index (κ2) is 8.63. The Kier molecular flexibility index (Phi) is 6.21. The van der Waals surface area contributed by atoms with Crippen molar-refractivity contribution < 1.29 is 4.79 Å². The summed E-state index contributed by atoms with van der Waals surface area (Å²) in [6.07, 6.45) is 1.63. The van der Waals surface area contributed by atoms with Crippen molar-refractivity contribution in [2.24, 2.45) is 0 Å². The fourth-order valence-corrected chi connectivity index (χ4v) is 4.00. The first kappa shape index (κ1) is 20.2. The van der Waals surface area contributed by atoms with Crippen molar-refractivity contribution >= 4 is 45.9 Å². The van der Waals surface area contributed by atoms with E-state index in [9.17, 15) is 9.59 Å². The molecule has 1 heterocycles. The van der Waals surface area contributed by atoms with E-state index in [4.69, 9.17) is 11.6 Å². The molecule has 3 rings (SSSR count). The molecule has 2 aromatic carbocycles. The summed E-state index contributed by atoms with van der Waals surface area (Å²) in [5, 5.41) is 0.962. The van der Waals surface area contributed by atoms with E-state index in [1.807, 2.05) is 37.3 Å². The molecule has 0 aliphatic carbocycles. The summed E-state index contributed by atoms with van der Waals surface area (Å²) in [4.78, 5) is 32.0. The summed E-state index contributed by atoms with van der Waals surface area (Å²) >= 11 is 7.28. The van der Waals surface area contributed by atoms with E-state index in [0.29, 0.717) is 27.6 Å². The van der Waals surface area contributed by atoms with Crippen LogP contribution in [0, 0.1) is 0 Å². The molecule has 0 bridgehead atoms. The smallest absolute Gasteiger partial charge is 0.262 e. The first-order chi connectivity index (χ1) is 13.4. The molecule has 0 saturated carbocycles. The van der Waals surface area contributed by atoms with Crippen LogP contribution in [0.15, 0.2) is 71.1 Å². The summed E-state index contributed by atoms with van der Waals surface area (Å²) in [5.41, 5.74) is 1.16. The number of allylic oxidation sites excluding steroid dienone is 1. The minimum Gasteiger partial charge on any atom is -0.315 e. The van der Waals surface area contributed by atoms with Crippen LogP contribution in [0.3, 0.4) is 0 Å². The van der Waals surface area contributed by atoms with Crippen LogP contribution in [0.25, 0.3) is 10.9 Å². The van der Waals surface area contributed by atoms with Crippen molar-refractivity contribution in [3.8, 4) is 0 Å². The van der Waals surface area contributed by atoms with Crippen molar-refractivity contribution in [2.75, 3.05) is 11.9 Å². The van der Waals surface area contributed by atoms with Gasteiger partial charge >= 0.3 is 0 Å². The van der Waals surface area contributed by atoms with Gasteiger partial charge in [-0.2, -0.15) is 0 Å². The maximum absolute atomic E-state index is 12.9. The minimum atomic E-state index is -0.432. The topological polar surface area (TPSA) is 55.2 Å². The van der Waals surface area contributed by atoms with Gasteiger partial charge in [-0.1, -0.05) is 47.6 Å². The van der Waals surface area contributed by atoms with E-state index in [0.717, 1.165) is 5.69 Å². The molecule has 1 unspecified atom stereocenters. The highest BCUT2D eigenvalue weighted by Gasteiger charge is 2.22. The first-order valence-electron chi connectivity index (χ1n) is 8.72. The summed E-state index contributed by atoms with van der Waals surface area (Å²) in [6, 6.07) is 14.4. The quantitative estimate of drug-likeness (QED) is 0.342. The van der Waals surface area contributed by atoms with Crippen molar-refractivity contribution in [2.45, 2.75) is 23.9 Å². The third-order valence-corrected chi connectivity index (χ3v) is 5.61. The van der Waals surface area contributed by atoms with Gasteiger partial charge in [0, 0.05) is 24.3 Å². The molecular formula is C21H20ClN3O2S. The van der Waals surface area contributed by atoms with Gasteiger partial charge in [0.2, 0.25) is 5.91 Å². The molecule has 28 heavy (non-hydrogen) atoms. The van der Waals surface area contributed by atoms with Gasteiger partial charge in [0.05, 0.1) is 16.2 Å². The summed E-state index contributed by atoms with van der Waals surface area (Å²) in [5.74, 6) is -0.0770. The Labute approximate surface area is 172 Å². The van der Waals surface area contributed by atoms with Crippen molar-refractivity contribution in [3.05, 3.63) is 76.6 Å². The van der Waals surface area contributed by atoms with E-state index in [1.165, 1.54) is 16.3 Å². The van der Waals surface area contributed by atoms with Crippen LogP contribution in [0.4, 0.5) is 5.69 Å².